The van der Waals surface area contributed by atoms with Crippen molar-refractivity contribution < 1.29 is 4.74 Å². The second kappa shape index (κ2) is 7.30. The highest BCUT2D eigenvalue weighted by molar-refractivity contribution is 6.30. The molecule has 1 aliphatic heterocycles. The number of halogens is 1. The van der Waals surface area contributed by atoms with E-state index >= 15 is 0 Å². The van der Waals surface area contributed by atoms with Crippen LogP contribution in [-0.4, -0.2) is 31.1 Å². The van der Waals surface area contributed by atoms with Crippen molar-refractivity contribution in [1.29, 1.82) is 0 Å². The van der Waals surface area contributed by atoms with E-state index in [2.05, 4.69) is 11.8 Å². The summed E-state index contributed by atoms with van der Waals surface area (Å²) in [5.74, 6) is 0.880. The molecule has 0 spiro atoms. The molecule has 0 amide bonds. The van der Waals surface area contributed by atoms with Crippen LogP contribution < -0.4 is 10.5 Å². The number of hydrogen-bond acceptors (Lipinski definition) is 3. The number of nitrogens with two attached hydrogens (primary N) is 1. The molecule has 4 heteroatoms. The zero-order valence-corrected chi connectivity index (χ0v) is 13.2. The number of methoxy groups -OCH3 is 1. The van der Waals surface area contributed by atoms with Gasteiger partial charge < -0.3 is 10.5 Å². The molecule has 1 fully saturated rings. The van der Waals surface area contributed by atoms with E-state index in [1.807, 2.05) is 18.2 Å². The monoisotopic (exact) mass is 296 g/mol. The smallest absolute Gasteiger partial charge is 0.123 e. The molecular formula is C16H25ClN2O. The number of nitrogens with zero attached hydrogens (tertiary/aromatic N) is 1. The molecule has 0 aliphatic carbocycles. The Kier molecular flexibility index (Phi) is 5.70. The summed E-state index contributed by atoms with van der Waals surface area (Å²) in [5, 5.41) is 0.740. The fourth-order valence-electron chi connectivity index (χ4n) is 3.28. The minimum absolute atomic E-state index is 0.189. The Morgan fingerprint density at radius 3 is 2.90 bits per heavy atom. The lowest BCUT2D eigenvalue weighted by Crippen LogP contribution is -2.44. The zero-order valence-electron chi connectivity index (χ0n) is 12.4. The molecule has 1 aromatic rings. The average Bonchev–Trinajstić information content (AvgIpc) is 2.49. The standard InChI is InChI=1S/C16H25ClN2O/c1-3-13-6-4-5-9-19(13)15(11-18)14-10-12(17)7-8-16(14)20-2/h7-8,10,13,15H,3-6,9,11,18H2,1-2H3. The lowest BCUT2D eigenvalue weighted by atomic mass is 9.94. The molecule has 0 radical (unpaired) electrons. The third-order valence-corrected chi connectivity index (χ3v) is 4.55. The highest BCUT2D eigenvalue weighted by atomic mass is 35.5. The molecule has 3 nitrogen and oxygen atoms in total. The first-order valence-corrected chi connectivity index (χ1v) is 7.88. The van der Waals surface area contributed by atoms with Gasteiger partial charge in [0.2, 0.25) is 0 Å². The third-order valence-electron chi connectivity index (χ3n) is 4.32. The summed E-state index contributed by atoms with van der Waals surface area (Å²) in [6, 6.07) is 6.60. The molecule has 0 aromatic heterocycles. The predicted molar refractivity (Wildman–Crippen MR) is 84.4 cm³/mol. The summed E-state index contributed by atoms with van der Waals surface area (Å²) >= 11 is 6.17. The van der Waals surface area contributed by atoms with Crippen LogP contribution in [0, 0.1) is 0 Å². The van der Waals surface area contributed by atoms with E-state index in [1.54, 1.807) is 7.11 Å². The number of hydrogen-bond donors (Lipinski definition) is 1. The summed E-state index contributed by atoms with van der Waals surface area (Å²) in [6.07, 6.45) is 4.99. The predicted octanol–water partition coefficient (Wildman–Crippen LogP) is 3.61. The van der Waals surface area contributed by atoms with Crippen LogP contribution in [0.25, 0.3) is 0 Å². The molecule has 0 saturated carbocycles. The Morgan fingerprint density at radius 2 is 2.25 bits per heavy atom. The van der Waals surface area contributed by atoms with Crippen LogP contribution in [0.3, 0.4) is 0 Å². The molecule has 1 heterocycles. The van der Waals surface area contributed by atoms with Gasteiger partial charge in [-0.2, -0.15) is 0 Å². The van der Waals surface area contributed by atoms with Crippen LogP contribution in [0.4, 0.5) is 0 Å². The molecule has 20 heavy (non-hydrogen) atoms. The van der Waals surface area contributed by atoms with Gasteiger partial charge in [0.25, 0.3) is 0 Å². The van der Waals surface area contributed by atoms with Crippen LogP contribution in [0.15, 0.2) is 18.2 Å². The fourth-order valence-corrected chi connectivity index (χ4v) is 3.46. The van der Waals surface area contributed by atoms with E-state index in [1.165, 1.54) is 25.7 Å². The maximum absolute atomic E-state index is 6.17. The second-order valence-electron chi connectivity index (χ2n) is 5.43. The lowest BCUT2D eigenvalue weighted by Gasteiger charge is -2.41. The van der Waals surface area contributed by atoms with Gasteiger partial charge in [-0.1, -0.05) is 24.9 Å². The van der Waals surface area contributed by atoms with Crippen molar-refractivity contribution in [3.63, 3.8) is 0 Å². The van der Waals surface area contributed by atoms with Gasteiger partial charge in [0, 0.05) is 23.2 Å². The normalized spacial score (nSPS) is 21.7. The molecule has 2 rings (SSSR count). The summed E-state index contributed by atoms with van der Waals surface area (Å²) in [5.41, 5.74) is 7.20. The highest BCUT2D eigenvalue weighted by Gasteiger charge is 2.29. The Hall–Kier alpha value is -0.770. The first-order chi connectivity index (χ1) is 9.71. The van der Waals surface area contributed by atoms with Crippen LogP contribution in [-0.2, 0) is 0 Å². The van der Waals surface area contributed by atoms with Crippen LogP contribution in [0.1, 0.15) is 44.2 Å². The van der Waals surface area contributed by atoms with Gasteiger partial charge >= 0.3 is 0 Å². The van der Waals surface area contributed by atoms with Crippen molar-refractivity contribution >= 4 is 11.6 Å². The highest BCUT2D eigenvalue weighted by Crippen LogP contribution is 2.35. The number of benzene rings is 1. The fraction of sp³-hybridized carbons (Fsp3) is 0.625. The molecule has 1 aromatic carbocycles. The number of ether oxygens (including phenoxy) is 1. The molecule has 0 bridgehead atoms. The van der Waals surface area contributed by atoms with Crippen molar-refractivity contribution in [2.24, 2.45) is 5.73 Å². The van der Waals surface area contributed by atoms with Crippen molar-refractivity contribution in [2.45, 2.75) is 44.7 Å². The van der Waals surface area contributed by atoms with Gasteiger partial charge in [-0.3, -0.25) is 4.90 Å². The molecule has 112 valence electrons. The zero-order chi connectivity index (χ0) is 14.5. The minimum atomic E-state index is 0.189. The largest absolute Gasteiger partial charge is 0.496 e. The second-order valence-corrected chi connectivity index (χ2v) is 5.87. The quantitative estimate of drug-likeness (QED) is 0.902. The van der Waals surface area contributed by atoms with Gasteiger partial charge in [0.15, 0.2) is 0 Å². The van der Waals surface area contributed by atoms with Crippen molar-refractivity contribution in [3.8, 4) is 5.75 Å². The molecule has 2 unspecified atom stereocenters. The SMILES string of the molecule is CCC1CCCCN1C(CN)c1cc(Cl)ccc1OC. The van der Waals surface area contributed by atoms with Crippen molar-refractivity contribution in [2.75, 3.05) is 20.2 Å². The summed E-state index contributed by atoms with van der Waals surface area (Å²) < 4.78 is 5.50. The Labute approximate surface area is 127 Å². The summed E-state index contributed by atoms with van der Waals surface area (Å²) in [4.78, 5) is 2.54. The van der Waals surface area contributed by atoms with Crippen LogP contribution in [0.5, 0.6) is 5.75 Å². The third kappa shape index (κ3) is 3.27. The van der Waals surface area contributed by atoms with Gasteiger partial charge in [-0.25, -0.2) is 0 Å². The molecular weight excluding hydrogens is 272 g/mol. The average molecular weight is 297 g/mol. The van der Waals surface area contributed by atoms with E-state index in [-0.39, 0.29) is 6.04 Å². The van der Waals surface area contributed by atoms with Crippen molar-refractivity contribution in [3.05, 3.63) is 28.8 Å². The number of rotatable bonds is 5. The molecule has 2 atom stereocenters. The van der Waals surface area contributed by atoms with Gasteiger partial charge in [-0.15, -0.1) is 0 Å². The maximum atomic E-state index is 6.17. The topological polar surface area (TPSA) is 38.5 Å². The van der Waals surface area contributed by atoms with E-state index in [4.69, 9.17) is 22.1 Å². The molecule has 1 aliphatic rings. The molecule has 1 saturated heterocycles. The lowest BCUT2D eigenvalue weighted by molar-refractivity contribution is 0.0935. The first-order valence-electron chi connectivity index (χ1n) is 7.50. The van der Waals surface area contributed by atoms with Crippen molar-refractivity contribution in [1.82, 2.24) is 4.90 Å². The minimum Gasteiger partial charge on any atom is -0.496 e. The van der Waals surface area contributed by atoms with Gasteiger partial charge in [0.05, 0.1) is 13.2 Å². The number of likely N-dealkylation sites (tertiary alicyclic amines) is 1. The van der Waals surface area contributed by atoms with E-state index in [9.17, 15) is 0 Å². The summed E-state index contributed by atoms with van der Waals surface area (Å²) in [7, 11) is 1.70. The van der Waals surface area contributed by atoms with Gasteiger partial charge in [-0.05, 0) is 44.0 Å². The van der Waals surface area contributed by atoms with Crippen LogP contribution in [0.2, 0.25) is 5.02 Å². The Balaban J connectivity index is 2.33. The maximum Gasteiger partial charge on any atom is 0.123 e. The van der Waals surface area contributed by atoms with E-state index in [0.29, 0.717) is 12.6 Å². The Bertz CT molecular complexity index is 438. The van der Waals surface area contributed by atoms with E-state index in [0.717, 1.165) is 22.9 Å². The summed E-state index contributed by atoms with van der Waals surface area (Å²) in [6.45, 7) is 3.95. The van der Waals surface area contributed by atoms with E-state index < -0.39 is 0 Å². The number of piperidine rings is 1. The van der Waals surface area contributed by atoms with Crippen LogP contribution >= 0.6 is 11.6 Å². The first kappa shape index (κ1) is 15.6. The van der Waals surface area contributed by atoms with Gasteiger partial charge in [0.1, 0.15) is 5.75 Å². The Morgan fingerprint density at radius 1 is 1.45 bits per heavy atom. The molecule has 2 N–H and O–H groups in total.